The molecule has 2 aromatic heterocycles. The summed E-state index contributed by atoms with van der Waals surface area (Å²) in [5.41, 5.74) is 4.62. The third-order valence-electron chi connectivity index (χ3n) is 3.04. The first-order valence-electron chi connectivity index (χ1n) is 6.68. The zero-order chi connectivity index (χ0) is 13.8. The molecule has 0 aliphatic rings. The molecule has 0 bridgehead atoms. The van der Waals surface area contributed by atoms with Gasteiger partial charge in [0.15, 0.2) is 0 Å². The summed E-state index contributed by atoms with van der Waals surface area (Å²) < 4.78 is 0. The van der Waals surface area contributed by atoms with Crippen LogP contribution in [0.3, 0.4) is 0 Å². The summed E-state index contributed by atoms with van der Waals surface area (Å²) in [6.07, 6.45) is 0.932. The normalized spacial score (nSPS) is 12.6. The van der Waals surface area contributed by atoms with Crippen LogP contribution in [0.25, 0.3) is 0 Å². The Morgan fingerprint density at radius 3 is 2.37 bits per heavy atom. The molecule has 0 aliphatic carbocycles. The number of thiazole rings is 1. The summed E-state index contributed by atoms with van der Waals surface area (Å²) in [5.74, 6) is 0. The van der Waals surface area contributed by atoms with E-state index in [0.717, 1.165) is 29.4 Å². The van der Waals surface area contributed by atoms with Crippen LogP contribution >= 0.6 is 11.3 Å². The fraction of sp³-hybridized carbons (Fsp3) is 0.467. The van der Waals surface area contributed by atoms with Crippen molar-refractivity contribution in [3.63, 3.8) is 0 Å². The van der Waals surface area contributed by atoms with Gasteiger partial charge >= 0.3 is 0 Å². The second-order valence-electron chi connectivity index (χ2n) is 4.86. The van der Waals surface area contributed by atoms with Crippen LogP contribution in [0.1, 0.15) is 40.6 Å². The van der Waals surface area contributed by atoms with Gasteiger partial charge in [-0.2, -0.15) is 0 Å². The number of hydrogen-bond acceptors (Lipinski definition) is 4. The molecule has 2 rings (SSSR count). The van der Waals surface area contributed by atoms with E-state index in [9.17, 15) is 0 Å². The highest BCUT2D eigenvalue weighted by Crippen LogP contribution is 2.21. The van der Waals surface area contributed by atoms with Gasteiger partial charge in [-0.25, -0.2) is 4.98 Å². The minimum atomic E-state index is 0.312. The molecule has 0 saturated carbocycles. The Morgan fingerprint density at radius 2 is 1.84 bits per heavy atom. The number of pyridine rings is 1. The van der Waals surface area contributed by atoms with Crippen LogP contribution in [-0.4, -0.2) is 16.5 Å². The lowest BCUT2D eigenvalue weighted by Gasteiger charge is -2.18. The zero-order valence-corrected chi connectivity index (χ0v) is 12.8. The molecule has 4 heteroatoms. The van der Waals surface area contributed by atoms with Gasteiger partial charge in [0, 0.05) is 29.2 Å². The average Bonchev–Trinajstić information content (AvgIpc) is 2.73. The summed E-state index contributed by atoms with van der Waals surface area (Å²) in [5, 5.41) is 6.83. The Morgan fingerprint density at radius 1 is 1.16 bits per heavy atom. The predicted octanol–water partition coefficient (Wildman–Crippen LogP) is 3.36. The molecule has 102 valence electrons. The highest BCUT2D eigenvalue weighted by atomic mass is 32.1. The van der Waals surface area contributed by atoms with Crippen LogP contribution in [-0.2, 0) is 6.42 Å². The largest absolute Gasteiger partial charge is 0.310 e. The van der Waals surface area contributed by atoms with Crippen LogP contribution in [0, 0.1) is 20.8 Å². The molecule has 0 aromatic carbocycles. The number of aryl methyl sites for hydroxylation is 3. The summed E-state index contributed by atoms with van der Waals surface area (Å²) in [6, 6.07) is 4.64. The molecular formula is C15H21N3S. The molecule has 3 nitrogen and oxygen atoms in total. The molecule has 0 radical (unpaired) electrons. The maximum absolute atomic E-state index is 4.57. The summed E-state index contributed by atoms with van der Waals surface area (Å²) >= 11 is 1.71. The van der Waals surface area contributed by atoms with Crippen molar-refractivity contribution in [3.05, 3.63) is 45.2 Å². The maximum Gasteiger partial charge on any atom is 0.0897 e. The van der Waals surface area contributed by atoms with Crippen molar-refractivity contribution in [3.8, 4) is 0 Å². The van der Waals surface area contributed by atoms with Crippen molar-refractivity contribution in [2.75, 3.05) is 6.54 Å². The maximum atomic E-state index is 4.57. The molecule has 0 saturated heterocycles. The molecule has 0 spiro atoms. The number of nitrogens with one attached hydrogen (secondary N) is 1. The molecule has 0 amide bonds. The quantitative estimate of drug-likeness (QED) is 0.909. The summed E-state index contributed by atoms with van der Waals surface area (Å²) in [7, 11) is 0. The first-order valence-corrected chi connectivity index (χ1v) is 7.56. The fourth-order valence-corrected chi connectivity index (χ4v) is 2.96. The minimum absolute atomic E-state index is 0.312. The Hall–Kier alpha value is -1.26. The van der Waals surface area contributed by atoms with E-state index in [0.29, 0.717) is 6.04 Å². The number of hydrogen-bond donors (Lipinski definition) is 1. The van der Waals surface area contributed by atoms with E-state index in [4.69, 9.17) is 0 Å². The van der Waals surface area contributed by atoms with Crippen molar-refractivity contribution in [2.24, 2.45) is 0 Å². The van der Waals surface area contributed by atoms with Crippen molar-refractivity contribution >= 4 is 11.3 Å². The Kier molecular flexibility index (Phi) is 4.66. The van der Waals surface area contributed by atoms with E-state index >= 15 is 0 Å². The van der Waals surface area contributed by atoms with Gasteiger partial charge in [0.1, 0.15) is 0 Å². The summed E-state index contributed by atoms with van der Waals surface area (Å²) in [4.78, 5) is 9.01. The van der Waals surface area contributed by atoms with Crippen LogP contribution in [0.2, 0.25) is 0 Å². The van der Waals surface area contributed by atoms with Gasteiger partial charge in [0.2, 0.25) is 0 Å². The van der Waals surface area contributed by atoms with E-state index in [1.54, 1.807) is 11.3 Å². The second-order valence-corrected chi connectivity index (χ2v) is 5.92. The number of aromatic nitrogens is 2. The van der Waals surface area contributed by atoms with Crippen LogP contribution < -0.4 is 5.32 Å². The van der Waals surface area contributed by atoms with Gasteiger partial charge < -0.3 is 5.32 Å². The Bertz CT molecular complexity index is 528. The second kappa shape index (κ2) is 6.26. The molecule has 1 unspecified atom stereocenters. The van der Waals surface area contributed by atoms with Gasteiger partial charge in [0.05, 0.1) is 10.7 Å². The van der Waals surface area contributed by atoms with Gasteiger partial charge in [0.25, 0.3) is 0 Å². The first kappa shape index (κ1) is 14.2. The van der Waals surface area contributed by atoms with Crippen LogP contribution in [0.5, 0.6) is 0 Å². The molecular weight excluding hydrogens is 254 g/mol. The molecule has 2 heterocycles. The average molecular weight is 275 g/mol. The van der Waals surface area contributed by atoms with E-state index in [2.05, 4.69) is 46.6 Å². The molecule has 0 fully saturated rings. The molecule has 1 atom stereocenters. The SMILES string of the molecule is CCNC(Cc1csc(C)n1)c1cc(C)nc(C)c1. The fourth-order valence-electron chi connectivity index (χ4n) is 2.33. The van der Waals surface area contributed by atoms with Gasteiger partial charge in [-0.3, -0.25) is 4.98 Å². The standard InChI is InChI=1S/C15H21N3S/c1-5-16-15(8-14-9-19-12(4)18-14)13-6-10(2)17-11(3)7-13/h6-7,9,15-16H,5,8H2,1-4H3. The van der Waals surface area contributed by atoms with Crippen molar-refractivity contribution in [1.29, 1.82) is 0 Å². The lowest BCUT2D eigenvalue weighted by molar-refractivity contribution is 0.543. The molecule has 2 aromatic rings. The molecule has 0 aliphatic heterocycles. The third kappa shape index (κ3) is 3.85. The summed E-state index contributed by atoms with van der Waals surface area (Å²) in [6.45, 7) is 9.24. The van der Waals surface area contributed by atoms with E-state index in [1.165, 1.54) is 11.3 Å². The Labute approximate surface area is 119 Å². The predicted molar refractivity (Wildman–Crippen MR) is 80.7 cm³/mol. The topological polar surface area (TPSA) is 37.8 Å². The van der Waals surface area contributed by atoms with E-state index in [-0.39, 0.29) is 0 Å². The smallest absolute Gasteiger partial charge is 0.0897 e. The Balaban J connectivity index is 2.23. The number of nitrogens with zero attached hydrogens (tertiary/aromatic N) is 2. The highest BCUT2D eigenvalue weighted by molar-refractivity contribution is 7.09. The van der Waals surface area contributed by atoms with Gasteiger partial charge in [-0.15, -0.1) is 11.3 Å². The number of rotatable bonds is 5. The van der Waals surface area contributed by atoms with Crippen molar-refractivity contribution < 1.29 is 0 Å². The molecule has 19 heavy (non-hydrogen) atoms. The van der Waals surface area contributed by atoms with Gasteiger partial charge in [-0.1, -0.05) is 6.92 Å². The highest BCUT2D eigenvalue weighted by Gasteiger charge is 2.14. The van der Waals surface area contributed by atoms with E-state index < -0.39 is 0 Å². The van der Waals surface area contributed by atoms with Crippen LogP contribution in [0.15, 0.2) is 17.5 Å². The number of likely N-dealkylation sites (N-methyl/N-ethyl adjacent to an activating group) is 1. The van der Waals surface area contributed by atoms with Crippen molar-refractivity contribution in [1.82, 2.24) is 15.3 Å². The van der Waals surface area contributed by atoms with Gasteiger partial charge in [-0.05, 0) is 45.0 Å². The monoisotopic (exact) mass is 275 g/mol. The van der Waals surface area contributed by atoms with Crippen molar-refractivity contribution in [2.45, 2.75) is 40.2 Å². The van der Waals surface area contributed by atoms with E-state index in [1.807, 2.05) is 13.8 Å². The first-order chi connectivity index (χ1) is 9.08. The lowest BCUT2D eigenvalue weighted by Crippen LogP contribution is -2.23. The molecule has 1 N–H and O–H groups in total. The van der Waals surface area contributed by atoms with Crippen LogP contribution in [0.4, 0.5) is 0 Å². The third-order valence-corrected chi connectivity index (χ3v) is 3.86. The zero-order valence-electron chi connectivity index (χ0n) is 12.0. The minimum Gasteiger partial charge on any atom is -0.310 e. The lowest BCUT2D eigenvalue weighted by atomic mass is 10.0.